The minimum absolute atomic E-state index is 0.327. The number of hydrogen-bond acceptors (Lipinski definition) is 0. The molecule has 0 aromatic heterocycles. The molecule has 36 heavy (non-hydrogen) atoms. The highest BCUT2D eigenvalue weighted by atomic mass is 14.6. The van der Waals surface area contributed by atoms with Crippen LogP contribution in [0.25, 0.3) is 0 Å². The van der Waals surface area contributed by atoms with Crippen molar-refractivity contribution >= 4 is 0 Å². The van der Waals surface area contributed by atoms with Gasteiger partial charge in [-0.15, -0.1) is 0 Å². The Bertz CT molecular complexity index is 1050. The fourth-order valence-corrected chi connectivity index (χ4v) is 4.48. The van der Waals surface area contributed by atoms with E-state index in [9.17, 15) is 0 Å². The Labute approximate surface area is 221 Å². The van der Waals surface area contributed by atoms with Gasteiger partial charge in [0, 0.05) is 5.92 Å². The van der Waals surface area contributed by atoms with E-state index < -0.39 is 0 Å². The lowest BCUT2D eigenvalue weighted by Gasteiger charge is -2.19. The molecule has 2 aliphatic carbocycles. The molecule has 0 saturated heterocycles. The zero-order chi connectivity index (χ0) is 26.6. The van der Waals surface area contributed by atoms with Crippen LogP contribution in [0.5, 0.6) is 0 Å². The summed E-state index contributed by atoms with van der Waals surface area (Å²) in [4.78, 5) is 0. The number of allylic oxidation sites excluding steroid dienone is 5. The molecular formula is C36H46. The van der Waals surface area contributed by atoms with Gasteiger partial charge >= 0.3 is 0 Å². The summed E-state index contributed by atoms with van der Waals surface area (Å²) in [5.41, 5.74) is 8.68. The van der Waals surface area contributed by atoms with Crippen LogP contribution in [0.1, 0.15) is 61.4 Å². The summed E-state index contributed by atoms with van der Waals surface area (Å²) < 4.78 is 0. The quantitative estimate of drug-likeness (QED) is 0.328. The van der Waals surface area contributed by atoms with Crippen LogP contribution < -0.4 is 0 Å². The Morgan fingerprint density at radius 1 is 0.694 bits per heavy atom. The molecule has 0 aliphatic heterocycles. The number of benzene rings is 3. The fourth-order valence-electron chi connectivity index (χ4n) is 4.48. The van der Waals surface area contributed by atoms with E-state index >= 15 is 0 Å². The summed E-state index contributed by atoms with van der Waals surface area (Å²) in [5.74, 6) is 1.20. The summed E-state index contributed by atoms with van der Waals surface area (Å²) in [5, 5.41) is 0. The third-order valence-corrected chi connectivity index (χ3v) is 7.43. The SMILES string of the molecule is C=C(C1C=CC=CC1)C1CC1(C)c1ccccc1.CC.Cc1ccccc1C.Cc1ccccc1C. The molecule has 0 spiro atoms. The van der Waals surface area contributed by atoms with Crippen LogP contribution in [-0.4, -0.2) is 0 Å². The molecule has 0 nitrogen and oxygen atoms in total. The summed E-state index contributed by atoms with van der Waals surface area (Å²) >= 11 is 0. The lowest BCUT2D eigenvalue weighted by molar-refractivity contribution is 0.643. The highest BCUT2D eigenvalue weighted by Gasteiger charge is 2.52. The minimum Gasteiger partial charge on any atom is -0.0989 e. The zero-order valence-electron chi connectivity index (χ0n) is 23.6. The summed E-state index contributed by atoms with van der Waals surface area (Å²) in [6.45, 7) is 19.2. The second-order valence-electron chi connectivity index (χ2n) is 9.94. The van der Waals surface area contributed by atoms with Gasteiger partial charge in [-0.1, -0.05) is 136 Å². The predicted molar refractivity (Wildman–Crippen MR) is 161 cm³/mol. The third kappa shape index (κ3) is 8.23. The Hall–Kier alpha value is -3.12. The van der Waals surface area contributed by atoms with Gasteiger partial charge in [-0.3, -0.25) is 0 Å². The van der Waals surface area contributed by atoms with Gasteiger partial charge in [-0.2, -0.15) is 0 Å². The van der Waals surface area contributed by atoms with Gasteiger partial charge in [0.25, 0.3) is 0 Å². The highest BCUT2D eigenvalue weighted by Crippen LogP contribution is 2.58. The molecule has 3 unspecified atom stereocenters. The topological polar surface area (TPSA) is 0 Å². The van der Waals surface area contributed by atoms with E-state index in [1.165, 1.54) is 39.8 Å². The molecule has 3 aromatic rings. The van der Waals surface area contributed by atoms with Crippen LogP contribution >= 0.6 is 0 Å². The Morgan fingerprint density at radius 2 is 1.14 bits per heavy atom. The van der Waals surface area contributed by atoms with E-state index in [2.05, 4.69) is 144 Å². The van der Waals surface area contributed by atoms with Crippen molar-refractivity contribution in [2.45, 2.75) is 66.7 Å². The van der Waals surface area contributed by atoms with Gasteiger partial charge in [0.05, 0.1) is 0 Å². The molecule has 0 bridgehead atoms. The van der Waals surface area contributed by atoms with Gasteiger partial charge in [-0.05, 0) is 79.7 Å². The maximum Gasteiger partial charge on any atom is 0.00149 e. The second-order valence-corrected chi connectivity index (χ2v) is 9.94. The lowest BCUT2D eigenvalue weighted by atomic mass is 9.85. The Balaban J connectivity index is 0.000000211. The molecule has 2 aliphatic rings. The van der Waals surface area contributed by atoms with Gasteiger partial charge in [0.2, 0.25) is 0 Å². The van der Waals surface area contributed by atoms with Crippen molar-refractivity contribution in [3.05, 3.63) is 143 Å². The van der Waals surface area contributed by atoms with Crippen LogP contribution in [-0.2, 0) is 5.41 Å². The Morgan fingerprint density at radius 3 is 1.53 bits per heavy atom. The molecule has 190 valence electrons. The number of aryl methyl sites for hydroxylation is 4. The predicted octanol–water partition coefficient (Wildman–Crippen LogP) is 10.3. The fraction of sp³-hybridized carbons (Fsp3) is 0.333. The van der Waals surface area contributed by atoms with Crippen LogP contribution in [0.3, 0.4) is 0 Å². The molecule has 0 radical (unpaired) electrons. The van der Waals surface area contributed by atoms with Crippen molar-refractivity contribution in [3.8, 4) is 0 Å². The zero-order valence-corrected chi connectivity index (χ0v) is 23.6. The van der Waals surface area contributed by atoms with Crippen molar-refractivity contribution < 1.29 is 0 Å². The standard InChI is InChI=1S/C18H20.2C8H10.C2H6/c1-14(15-9-5-3-6-10-15)17-13-18(17,2)16-11-7-4-8-12-16;2*1-7-5-3-4-6-8(7)2;1-2/h3-9,11-12,15,17H,1,10,13H2,2H3;2*3-6H,1-2H3;1-2H3. The van der Waals surface area contributed by atoms with E-state index in [1.54, 1.807) is 0 Å². The van der Waals surface area contributed by atoms with Gasteiger partial charge < -0.3 is 0 Å². The van der Waals surface area contributed by atoms with E-state index in [4.69, 9.17) is 0 Å². The van der Waals surface area contributed by atoms with Crippen molar-refractivity contribution in [2.75, 3.05) is 0 Å². The first kappa shape index (κ1) is 29.1. The molecule has 0 heteroatoms. The molecule has 0 amide bonds. The van der Waals surface area contributed by atoms with Crippen molar-refractivity contribution in [1.82, 2.24) is 0 Å². The maximum absolute atomic E-state index is 4.38. The number of rotatable bonds is 3. The smallest absolute Gasteiger partial charge is 0.00149 e. The summed E-state index contributed by atoms with van der Waals surface area (Å²) in [6, 6.07) is 27.6. The lowest BCUT2D eigenvalue weighted by Crippen LogP contribution is -2.10. The number of hydrogen-bond donors (Lipinski definition) is 0. The van der Waals surface area contributed by atoms with Gasteiger partial charge in [0.1, 0.15) is 0 Å². The molecule has 3 atom stereocenters. The van der Waals surface area contributed by atoms with Crippen LogP contribution in [0.4, 0.5) is 0 Å². The molecule has 1 saturated carbocycles. The van der Waals surface area contributed by atoms with Gasteiger partial charge in [-0.25, -0.2) is 0 Å². The van der Waals surface area contributed by atoms with E-state index in [0.29, 0.717) is 17.3 Å². The van der Waals surface area contributed by atoms with Gasteiger partial charge in [0.15, 0.2) is 0 Å². The molecule has 0 N–H and O–H groups in total. The van der Waals surface area contributed by atoms with Crippen molar-refractivity contribution in [1.29, 1.82) is 0 Å². The van der Waals surface area contributed by atoms with Crippen LogP contribution in [0, 0.1) is 39.5 Å². The molecule has 0 heterocycles. The summed E-state index contributed by atoms with van der Waals surface area (Å²) in [6.07, 6.45) is 11.2. The molecular weight excluding hydrogens is 432 g/mol. The second kappa shape index (κ2) is 14.4. The average Bonchev–Trinajstić information content (AvgIpc) is 3.63. The van der Waals surface area contributed by atoms with Crippen LogP contribution in [0.15, 0.2) is 115 Å². The first-order chi connectivity index (χ1) is 17.3. The maximum atomic E-state index is 4.38. The van der Waals surface area contributed by atoms with E-state index in [-0.39, 0.29) is 0 Å². The van der Waals surface area contributed by atoms with Crippen molar-refractivity contribution in [2.24, 2.45) is 11.8 Å². The first-order valence-corrected chi connectivity index (χ1v) is 13.4. The minimum atomic E-state index is 0.327. The molecule has 3 aromatic carbocycles. The Kier molecular flexibility index (Phi) is 11.7. The van der Waals surface area contributed by atoms with Crippen molar-refractivity contribution in [3.63, 3.8) is 0 Å². The first-order valence-electron chi connectivity index (χ1n) is 13.4. The van der Waals surface area contributed by atoms with Crippen LogP contribution in [0.2, 0.25) is 0 Å². The third-order valence-electron chi connectivity index (χ3n) is 7.43. The van der Waals surface area contributed by atoms with E-state index in [0.717, 1.165) is 6.42 Å². The highest BCUT2D eigenvalue weighted by molar-refractivity contribution is 5.39. The van der Waals surface area contributed by atoms with E-state index in [1.807, 2.05) is 13.8 Å². The summed E-state index contributed by atoms with van der Waals surface area (Å²) in [7, 11) is 0. The average molecular weight is 479 g/mol. The normalized spacial score (nSPS) is 21.0. The molecule has 1 fully saturated rings. The monoisotopic (exact) mass is 478 g/mol. The largest absolute Gasteiger partial charge is 0.0989 e. The molecule has 5 rings (SSSR count).